The van der Waals surface area contributed by atoms with Crippen molar-refractivity contribution >= 4 is 5.78 Å². The van der Waals surface area contributed by atoms with Crippen LogP contribution in [-0.2, 0) is 4.79 Å². The Balaban J connectivity index is 3.81. The molecule has 0 aliphatic rings. The molecule has 0 aromatic heterocycles. The van der Waals surface area contributed by atoms with Gasteiger partial charge in [-0.3, -0.25) is 4.79 Å². The molecule has 0 unspecified atom stereocenters. The Hall–Kier alpha value is -0.630. The Morgan fingerprint density at radius 3 is 2.55 bits per heavy atom. The number of aliphatic hydroxyl groups excluding tert-OH is 1. The molecule has 0 spiro atoms. The molecule has 2 heteroatoms. The fraction of sp³-hybridized carbons (Fsp3) is 0.667. The average molecular weight is 156 g/mol. The number of rotatable bonds is 5. The molecule has 0 saturated heterocycles. The second kappa shape index (κ2) is 6.10. The highest BCUT2D eigenvalue weighted by molar-refractivity contribution is 5.95. The van der Waals surface area contributed by atoms with Crippen molar-refractivity contribution in [1.82, 2.24) is 0 Å². The maximum atomic E-state index is 11.1. The third-order valence-electron chi connectivity index (χ3n) is 1.63. The molecule has 0 saturated carbocycles. The molecule has 64 valence electrons. The van der Waals surface area contributed by atoms with E-state index < -0.39 is 0 Å². The Bertz CT molecular complexity index is 148. The predicted molar refractivity (Wildman–Crippen MR) is 45.4 cm³/mol. The second-order valence-electron chi connectivity index (χ2n) is 2.50. The van der Waals surface area contributed by atoms with E-state index >= 15 is 0 Å². The molecule has 2 nitrogen and oxygen atoms in total. The van der Waals surface area contributed by atoms with Crippen LogP contribution in [0.3, 0.4) is 0 Å². The summed E-state index contributed by atoms with van der Waals surface area (Å²) in [5, 5.41) is 8.71. The lowest BCUT2D eigenvalue weighted by Crippen LogP contribution is -2.05. The van der Waals surface area contributed by atoms with Crippen LogP contribution < -0.4 is 0 Å². The van der Waals surface area contributed by atoms with Gasteiger partial charge < -0.3 is 5.11 Å². The lowest BCUT2D eigenvalue weighted by atomic mass is 10.1. The lowest BCUT2D eigenvalue weighted by molar-refractivity contribution is -0.116. The SMILES string of the molecule is CC=C(CO)C(=O)CCCC. The Morgan fingerprint density at radius 1 is 1.55 bits per heavy atom. The van der Waals surface area contributed by atoms with Crippen LogP contribution >= 0.6 is 0 Å². The van der Waals surface area contributed by atoms with Gasteiger partial charge in [-0.15, -0.1) is 0 Å². The first-order valence-corrected chi connectivity index (χ1v) is 4.05. The summed E-state index contributed by atoms with van der Waals surface area (Å²) in [5.74, 6) is 0.0804. The molecule has 1 N–H and O–H groups in total. The van der Waals surface area contributed by atoms with Crippen LogP contribution in [-0.4, -0.2) is 17.5 Å². The first-order valence-electron chi connectivity index (χ1n) is 4.05. The summed E-state index contributed by atoms with van der Waals surface area (Å²) in [7, 11) is 0. The van der Waals surface area contributed by atoms with Crippen LogP contribution in [0.25, 0.3) is 0 Å². The first kappa shape index (κ1) is 10.4. The van der Waals surface area contributed by atoms with Gasteiger partial charge in [0.15, 0.2) is 5.78 Å². The molecule has 0 fully saturated rings. The minimum atomic E-state index is -0.126. The quantitative estimate of drug-likeness (QED) is 0.615. The standard InChI is InChI=1S/C9H16O2/c1-3-5-6-9(11)8(4-2)7-10/h4,10H,3,5-7H2,1-2H3. The van der Waals surface area contributed by atoms with E-state index in [1.807, 2.05) is 6.92 Å². The molecule has 11 heavy (non-hydrogen) atoms. The number of hydrogen-bond acceptors (Lipinski definition) is 2. The largest absolute Gasteiger partial charge is 0.392 e. The van der Waals surface area contributed by atoms with E-state index in [1.54, 1.807) is 13.0 Å². The van der Waals surface area contributed by atoms with Crippen molar-refractivity contribution in [2.75, 3.05) is 6.61 Å². The van der Waals surface area contributed by atoms with Crippen LogP contribution in [0.5, 0.6) is 0 Å². The van der Waals surface area contributed by atoms with Gasteiger partial charge in [0.25, 0.3) is 0 Å². The number of Topliss-reactive ketones (excluding diaryl/α,β-unsaturated/α-hetero) is 1. The number of allylic oxidation sites excluding steroid dienone is 1. The molecule has 0 radical (unpaired) electrons. The zero-order chi connectivity index (χ0) is 8.69. The van der Waals surface area contributed by atoms with Gasteiger partial charge in [0.05, 0.1) is 6.61 Å². The van der Waals surface area contributed by atoms with E-state index in [2.05, 4.69) is 0 Å². The molecule has 0 bridgehead atoms. The fourth-order valence-corrected chi connectivity index (χ4v) is 0.838. The number of carbonyl (C=O) groups excluding carboxylic acids is 1. The Kier molecular flexibility index (Phi) is 5.75. The van der Waals surface area contributed by atoms with Crippen molar-refractivity contribution in [3.8, 4) is 0 Å². The van der Waals surface area contributed by atoms with E-state index in [4.69, 9.17) is 5.11 Å². The van der Waals surface area contributed by atoms with Gasteiger partial charge in [-0.05, 0) is 13.3 Å². The van der Waals surface area contributed by atoms with Crippen LogP contribution in [0.2, 0.25) is 0 Å². The van der Waals surface area contributed by atoms with E-state index in [1.165, 1.54) is 0 Å². The van der Waals surface area contributed by atoms with E-state index in [9.17, 15) is 4.79 Å². The van der Waals surface area contributed by atoms with Crippen LogP contribution in [0.15, 0.2) is 11.6 Å². The van der Waals surface area contributed by atoms with E-state index in [-0.39, 0.29) is 12.4 Å². The number of unbranched alkanes of at least 4 members (excludes halogenated alkanes) is 1. The molecule has 0 amide bonds. The molecule has 0 aliphatic heterocycles. The molecule has 0 atom stereocenters. The summed E-state index contributed by atoms with van der Waals surface area (Å²) in [6.45, 7) is 3.69. The Morgan fingerprint density at radius 2 is 2.18 bits per heavy atom. The van der Waals surface area contributed by atoms with Crippen LogP contribution in [0.1, 0.15) is 33.1 Å². The van der Waals surface area contributed by atoms with Crippen LogP contribution in [0.4, 0.5) is 0 Å². The van der Waals surface area contributed by atoms with Crippen molar-refractivity contribution in [2.45, 2.75) is 33.1 Å². The maximum Gasteiger partial charge on any atom is 0.160 e. The number of aliphatic hydroxyl groups is 1. The highest BCUT2D eigenvalue weighted by Gasteiger charge is 2.05. The monoisotopic (exact) mass is 156 g/mol. The van der Waals surface area contributed by atoms with Crippen molar-refractivity contribution in [3.05, 3.63) is 11.6 Å². The van der Waals surface area contributed by atoms with Gasteiger partial charge in [0.1, 0.15) is 0 Å². The molecule has 0 aromatic rings. The summed E-state index contributed by atoms with van der Waals surface area (Å²) >= 11 is 0. The average Bonchev–Trinajstić information content (AvgIpc) is 2.03. The van der Waals surface area contributed by atoms with Gasteiger partial charge in [-0.2, -0.15) is 0 Å². The maximum absolute atomic E-state index is 11.1. The second-order valence-corrected chi connectivity index (χ2v) is 2.50. The molecule has 0 aromatic carbocycles. The van der Waals surface area contributed by atoms with Gasteiger partial charge in [-0.1, -0.05) is 19.4 Å². The normalized spacial score (nSPS) is 11.7. The molecular weight excluding hydrogens is 140 g/mol. The van der Waals surface area contributed by atoms with Gasteiger partial charge >= 0.3 is 0 Å². The van der Waals surface area contributed by atoms with Gasteiger partial charge in [0, 0.05) is 12.0 Å². The number of hydrogen-bond donors (Lipinski definition) is 1. The fourth-order valence-electron chi connectivity index (χ4n) is 0.838. The van der Waals surface area contributed by atoms with Gasteiger partial charge in [0.2, 0.25) is 0 Å². The third-order valence-corrected chi connectivity index (χ3v) is 1.63. The predicted octanol–water partition coefficient (Wildman–Crippen LogP) is 1.68. The van der Waals surface area contributed by atoms with Crippen molar-refractivity contribution in [2.24, 2.45) is 0 Å². The highest BCUT2D eigenvalue weighted by Crippen LogP contribution is 2.03. The molecule has 0 aliphatic carbocycles. The number of carbonyl (C=O) groups is 1. The van der Waals surface area contributed by atoms with Crippen molar-refractivity contribution < 1.29 is 9.90 Å². The zero-order valence-electron chi connectivity index (χ0n) is 7.26. The Labute approximate surface area is 67.9 Å². The zero-order valence-corrected chi connectivity index (χ0v) is 7.26. The van der Waals surface area contributed by atoms with E-state index in [0.717, 1.165) is 12.8 Å². The first-order chi connectivity index (χ1) is 5.26. The summed E-state index contributed by atoms with van der Waals surface area (Å²) < 4.78 is 0. The van der Waals surface area contributed by atoms with Gasteiger partial charge in [-0.25, -0.2) is 0 Å². The molecule has 0 rings (SSSR count). The minimum absolute atomic E-state index is 0.0804. The lowest BCUT2D eigenvalue weighted by Gasteiger charge is -2.00. The summed E-state index contributed by atoms with van der Waals surface area (Å²) in [5.41, 5.74) is 0.540. The van der Waals surface area contributed by atoms with Crippen LogP contribution in [0, 0.1) is 0 Å². The number of ketones is 1. The summed E-state index contributed by atoms with van der Waals surface area (Å²) in [6.07, 6.45) is 4.18. The van der Waals surface area contributed by atoms with Crippen molar-refractivity contribution in [1.29, 1.82) is 0 Å². The van der Waals surface area contributed by atoms with E-state index in [0.29, 0.717) is 12.0 Å². The van der Waals surface area contributed by atoms with Crippen molar-refractivity contribution in [3.63, 3.8) is 0 Å². The topological polar surface area (TPSA) is 37.3 Å². The summed E-state index contributed by atoms with van der Waals surface area (Å²) in [4.78, 5) is 11.1. The molecule has 0 heterocycles. The molecular formula is C9H16O2. The third kappa shape index (κ3) is 3.94. The smallest absolute Gasteiger partial charge is 0.160 e. The summed E-state index contributed by atoms with van der Waals surface area (Å²) in [6, 6.07) is 0. The minimum Gasteiger partial charge on any atom is -0.392 e. The highest BCUT2D eigenvalue weighted by atomic mass is 16.3.